The summed E-state index contributed by atoms with van der Waals surface area (Å²) in [5.74, 6) is 0. The maximum atomic E-state index is 9.98. The number of fused-ring (bicyclic) bond motifs is 1. The fraction of sp³-hybridized carbons (Fsp3) is 0.125. The largest absolute Gasteiger partial charge is 0.388 e. The zero-order chi connectivity index (χ0) is 11.7. The third kappa shape index (κ3) is 1.79. The summed E-state index contributed by atoms with van der Waals surface area (Å²) >= 11 is 0. The van der Waals surface area contributed by atoms with Crippen LogP contribution in [0.3, 0.4) is 0 Å². The normalized spacial score (nSPS) is 18.4. The Morgan fingerprint density at radius 1 is 0.882 bits per heavy atom. The molecule has 1 nitrogen and oxygen atoms in total. The summed E-state index contributed by atoms with van der Waals surface area (Å²) in [6.45, 7) is 0. The average Bonchev–Trinajstić information content (AvgIpc) is 2.41. The van der Waals surface area contributed by atoms with Crippen LogP contribution < -0.4 is 0 Å². The molecule has 0 unspecified atom stereocenters. The van der Waals surface area contributed by atoms with Crippen molar-refractivity contribution in [2.45, 2.75) is 12.5 Å². The second kappa shape index (κ2) is 4.19. The lowest BCUT2D eigenvalue weighted by molar-refractivity contribution is 0.180. The van der Waals surface area contributed by atoms with E-state index in [1.807, 2.05) is 36.4 Å². The molecule has 1 atom stereocenters. The van der Waals surface area contributed by atoms with E-state index in [0.717, 1.165) is 11.1 Å². The molecule has 17 heavy (non-hydrogen) atoms. The van der Waals surface area contributed by atoms with Crippen molar-refractivity contribution in [3.8, 4) is 0 Å². The molecule has 84 valence electrons. The Labute approximate surface area is 101 Å². The van der Waals surface area contributed by atoms with Crippen LogP contribution in [0.2, 0.25) is 0 Å². The fourth-order valence-corrected chi connectivity index (χ4v) is 2.39. The smallest absolute Gasteiger partial charge is 0.0830 e. The van der Waals surface area contributed by atoms with Crippen molar-refractivity contribution in [3.05, 3.63) is 77.4 Å². The maximum Gasteiger partial charge on any atom is 0.0830 e. The number of aliphatic hydroxyl groups is 1. The van der Waals surface area contributed by atoms with Crippen LogP contribution in [0.1, 0.15) is 29.2 Å². The molecule has 2 aromatic carbocycles. The van der Waals surface area contributed by atoms with Crippen LogP contribution in [0, 0.1) is 0 Å². The maximum absolute atomic E-state index is 9.98. The molecule has 0 saturated heterocycles. The molecule has 0 heterocycles. The monoisotopic (exact) mass is 222 g/mol. The van der Waals surface area contributed by atoms with Gasteiger partial charge in [0.2, 0.25) is 0 Å². The van der Waals surface area contributed by atoms with Gasteiger partial charge in [-0.05, 0) is 28.7 Å². The lowest BCUT2D eigenvalue weighted by Crippen LogP contribution is -2.06. The Bertz CT molecular complexity index is 555. The van der Waals surface area contributed by atoms with E-state index in [9.17, 15) is 5.11 Å². The van der Waals surface area contributed by atoms with Gasteiger partial charge in [-0.3, -0.25) is 0 Å². The Hall–Kier alpha value is -1.86. The van der Waals surface area contributed by atoms with Gasteiger partial charge < -0.3 is 5.11 Å². The van der Waals surface area contributed by atoms with Crippen LogP contribution >= 0.6 is 0 Å². The van der Waals surface area contributed by atoms with Crippen molar-refractivity contribution in [1.29, 1.82) is 0 Å². The summed E-state index contributed by atoms with van der Waals surface area (Å²) in [6, 6.07) is 18.4. The standard InChI is InChI=1S/C16H14O/c17-16-11-10-13(12-6-2-1-3-7-12)14-8-4-5-9-15(14)16/h1-10,16-17H,11H2/t16-/m0/s1. The van der Waals surface area contributed by atoms with E-state index in [0.29, 0.717) is 6.42 Å². The van der Waals surface area contributed by atoms with E-state index in [4.69, 9.17) is 0 Å². The molecule has 0 aromatic heterocycles. The third-order valence-corrected chi connectivity index (χ3v) is 3.24. The quantitative estimate of drug-likeness (QED) is 0.782. The first-order valence-electron chi connectivity index (χ1n) is 5.89. The summed E-state index contributed by atoms with van der Waals surface area (Å²) in [5, 5.41) is 9.98. The summed E-state index contributed by atoms with van der Waals surface area (Å²) in [5.41, 5.74) is 4.63. The van der Waals surface area contributed by atoms with Crippen LogP contribution in [0.5, 0.6) is 0 Å². The minimum absolute atomic E-state index is 0.362. The Balaban J connectivity index is 2.14. The summed E-state index contributed by atoms with van der Waals surface area (Å²) < 4.78 is 0. The molecule has 2 aromatic rings. The predicted octanol–water partition coefficient (Wildman–Crippen LogP) is 3.56. The van der Waals surface area contributed by atoms with E-state index >= 15 is 0 Å². The Morgan fingerprint density at radius 3 is 2.41 bits per heavy atom. The van der Waals surface area contributed by atoms with Crippen molar-refractivity contribution in [2.75, 3.05) is 0 Å². The van der Waals surface area contributed by atoms with E-state index in [1.54, 1.807) is 0 Å². The van der Waals surface area contributed by atoms with Crippen LogP contribution in [0.4, 0.5) is 0 Å². The molecule has 0 radical (unpaired) electrons. The highest BCUT2D eigenvalue weighted by molar-refractivity contribution is 5.82. The summed E-state index contributed by atoms with van der Waals surface area (Å²) in [7, 11) is 0. The number of hydrogen-bond donors (Lipinski definition) is 1. The van der Waals surface area contributed by atoms with Crippen molar-refractivity contribution in [1.82, 2.24) is 0 Å². The number of benzene rings is 2. The van der Waals surface area contributed by atoms with Crippen LogP contribution in [-0.4, -0.2) is 5.11 Å². The molecule has 0 saturated carbocycles. The van der Waals surface area contributed by atoms with Gasteiger partial charge in [0, 0.05) is 0 Å². The second-order valence-electron chi connectivity index (χ2n) is 4.32. The van der Waals surface area contributed by atoms with Crippen molar-refractivity contribution in [2.24, 2.45) is 0 Å². The summed E-state index contributed by atoms with van der Waals surface area (Å²) in [6.07, 6.45) is 2.46. The van der Waals surface area contributed by atoms with Crippen LogP contribution in [0.25, 0.3) is 5.57 Å². The molecule has 0 amide bonds. The van der Waals surface area contributed by atoms with Gasteiger partial charge in [0.05, 0.1) is 6.10 Å². The predicted molar refractivity (Wildman–Crippen MR) is 69.5 cm³/mol. The van der Waals surface area contributed by atoms with Gasteiger partial charge in [-0.1, -0.05) is 60.7 Å². The highest BCUT2D eigenvalue weighted by Crippen LogP contribution is 2.36. The van der Waals surface area contributed by atoms with Gasteiger partial charge in [0.15, 0.2) is 0 Å². The third-order valence-electron chi connectivity index (χ3n) is 3.24. The van der Waals surface area contributed by atoms with Crippen molar-refractivity contribution < 1.29 is 5.11 Å². The molecular formula is C16H14O. The van der Waals surface area contributed by atoms with Gasteiger partial charge in [0.1, 0.15) is 0 Å². The van der Waals surface area contributed by atoms with Crippen LogP contribution in [0.15, 0.2) is 60.7 Å². The molecule has 3 rings (SSSR count). The minimum Gasteiger partial charge on any atom is -0.388 e. The highest BCUT2D eigenvalue weighted by atomic mass is 16.3. The van der Waals surface area contributed by atoms with E-state index in [1.165, 1.54) is 11.1 Å². The lowest BCUT2D eigenvalue weighted by Gasteiger charge is -2.22. The topological polar surface area (TPSA) is 20.2 Å². The van der Waals surface area contributed by atoms with Crippen molar-refractivity contribution in [3.63, 3.8) is 0 Å². The van der Waals surface area contributed by atoms with E-state index in [2.05, 4.69) is 24.3 Å². The zero-order valence-electron chi connectivity index (χ0n) is 9.51. The van der Waals surface area contributed by atoms with Gasteiger partial charge in [-0.2, -0.15) is 0 Å². The first-order chi connectivity index (χ1) is 8.36. The SMILES string of the molecule is O[C@H]1CC=C(c2ccccc2)c2ccccc21. The molecular weight excluding hydrogens is 208 g/mol. The van der Waals surface area contributed by atoms with E-state index in [-0.39, 0.29) is 6.10 Å². The zero-order valence-corrected chi connectivity index (χ0v) is 9.51. The number of hydrogen-bond acceptors (Lipinski definition) is 1. The van der Waals surface area contributed by atoms with Crippen molar-refractivity contribution >= 4 is 5.57 Å². The molecule has 1 N–H and O–H groups in total. The molecule has 1 heteroatoms. The first-order valence-corrected chi connectivity index (χ1v) is 5.89. The molecule has 1 aliphatic carbocycles. The highest BCUT2D eigenvalue weighted by Gasteiger charge is 2.19. The first kappa shape index (κ1) is 10.3. The lowest BCUT2D eigenvalue weighted by atomic mass is 9.85. The Kier molecular flexibility index (Phi) is 2.54. The second-order valence-corrected chi connectivity index (χ2v) is 4.32. The van der Waals surface area contributed by atoms with Gasteiger partial charge in [-0.15, -0.1) is 0 Å². The Morgan fingerprint density at radius 2 is 1.59 bits per heavy atom. The summed E-state index contributed by atoms with van der Waals surface area (Å²) in [4.78, 5) is 0. The fourth-order valence-electron chi connectivity index (χ4n) is 2.39. The van der Waals surface area contributed by atoms with Crippen LogP contribution in [-0.2, 0) is 0 Å². The average molecular weight is 222 g/mol. The van der Waals surface area contributed by atoms with Gasteiger partial charge in [0.25, 0.3) is 0 Å². The molecule has 0 fully saturated rings. The molecule has 0 spiro atoms. The molecule has 1 aliphatic rings. The van der Waals surface area contributed by atoms with Gasteiger partial charge in [-0.25, -0.2) is 0 Å². The molecule has 0 bridgehead atoms. The minimum atomic E-state index is -0.362. The van der Waals surface area contributed by atoms with E-state index < -0.39 is 0 Å². The molecule has 0 aliphatic heterocycles. The number of rotatable bonds is 1. The number of aliphatic hydroxyl groups excluding tert-OH is 1. The van der Waals surface area contributed by atoms with Gasteiger partial charge >= 0.3 is 0 Å².